The standard InChI is InChI=1S/C13H26N2O/c1-11-4-3-5-12(8-11)15(2)13(9-14)6-7-16-10-13/h11-12H,3-10,14H2,1-2H3. The molecule has 1 saturated heterocycles. The maximum Gasteiger partial charge on any atom is 0.0663 e. The van der Waals surface area contributed by atoms with Gasteiger partial charge >= 0.3 is 0 Å². The lowest BCUT2D eigenvalue weighted by Crippen LogP contribution is -2.57. The summed E-state index contributed by atoms with van der Waals surface area (Å²) in [6, 6.07) is 0.717. The molecule has 2 N–H and O–H groups in total. The van der Waals surface area contributed by atoms with Crippen molar-refractivity contribution in [1.82, 2.24) is 4.90 Å². The maximum atomic E-state index is 5.99. The van der Waals surface area contributed by atoms with E-state index < -0.39 is 0 Å². The van der Waals surface area contributed by atoms with Gasteiger partial charge in [0.2, 0.25) is 0 Å². The van der Waals surface area contributed by atoms with Crippen LogP contribution in [0.25, 0.3) is 0 Å². The van der Waals surface area contributed by atoms with Gasteiger partial charge in [-0.25, -0.2) is 0 Å². The van der Waals surface area contributed by atoms with Crippen LogP contribution in [-0.2, 0) is 4.74 Å². The van der Waals surface area contributed by atoms with Crippen LogP contribution in [0.5, 0.6) is 0 Å². The highest BCUT2D eigenvalue weighted by molar-refractivity contribution is 4.97. The van der Waals surface area contributed by atoms with Crippen molar-refractivity contribution in [2.45, 2.75) is 50.6 Å². The molecule has 2 aliphatic rings. The number of nitrogens with zero attached hydrogens (tertiary/aromatic N) is 1. The molecule has 0 radical (unpaired) electrons. The average Bonchev–Trinajstić information content (AvgIpc) is 2.78. The predicted octanol–water partition coefficient (Wildman–Crippen LogP) is 1.61. The number of hydrogen-bond donors (Lipinski definition) is 1. The van der Waals surface area contributed by atoms with Crippen LogP contribution in [-0.4, -0.2) is 43.3 Å². The van der Waals surface area contributed by atoms with E-state index in [1.54, 1.807) is 0 Å². The minimum Gasteiger partial charge on any atom is -0.379 e. The molecule has 1 aliphatic carbocycles. The van der Waals surface area contributed by atoms with E-state index in [-0.39, 0.29) is 5.54 Å². The summed E-state index contributed by atoms with van der Waals surface area (Å²) in [5.74, 6) is 0.873. The summed E-state index contributed by atoms with van der Waals surface area (Å²) in [4.78, 5) is 2.54. The first kappa shape index (κ1) is 12.3. The van der Waals surface area contributed by atoms with E-state index >= 15 is 0 Å². The van der Waals surface area contributed by atoms with E-state index in [1.807, 2.05) is 0 Å². The zero-order valence-electron chi connectivity index (χ0n) is 10.7. The van der Waals surface area contributed by atoms with Crippen LogP contribution in [0, 0.1) is 5.92 Å². The van der Waals surface area contributed by atoms with Gasteiger partial charge in [-0.1, -0.05) is 19.8 Å². The monoisotopic (exact) mass is 226 g/mol. The van der Waals surface area contributed by atoms with Crippen LogP contribution >= 0.6 is 0 Å². The van der Waals surface area contributed by atoms with Crippen LogP contribution in [0.3, 0.4) is 0 Å². The topological polar surface area (TPSA) is 38.5 Å². The first-order valence-electron chi connectivity index (χ1n) is 6.69. The summed E-state index contributed by atoms with van der Waals surface area (Å²) in [7, 11) is 2.25. The molecule has 0 aromatic rings. The fourth-order valence-corrected chi connectivity index (χ4v) is 3.32. The predicted molar refractivity (Wildman–Crippen MR) is 66.4 cm³/mol. The third-order valence-corrected chi connectivity index (χ3v) is 4.67. The first-order chi connectivity index (χ1) is 7.68. The van der Waals surface area contributed by atoms with Gasteiger partial charge in [-0.2, -0.15) is 0 Å². The van der Waals surface area contributed by atoms with E-state index in [4.69, 9.17) is 10.5 Å². The van der Waals surface area contributed by atoms with E-state index in [0.717, 1.165) is 32.1 Å². The summed E-state index contributed by atoms with van der Waals surface area (Å²) in [5, 5.41) is 0. The van der Waals surface area contributed by atoms with Crippen LogP contribution in [0.4, 0.5) is 0 Å². The highest BCUT2D eigenvalue weighted by atomic mass is 16.5. The lowest BCUT2D eigenvalue weighted by atomic mass is 9.83. The second kappa shape index (κ2) is 5.03. The quantitative estimate of drug-likeness (QED) is 0.794. The third-order valence-electron chi connectivity index (χ3n) is 4.67. The zero-order chi connectivity index (χ0) is 11.6. The molecule has 0 aromatic carbocycles. The number of nitrogens with two attached hydrogens (primary N) is 1. The summed E-state index contributed by atoms with van der Waals surface area (Å²) in [6.45, 7) is 4.81. The molecule has 3 nitrogen and oxygen atoms in total. The van der Waals surface area contributed by atoms with Crippen molar-refractivity contribution >= 4 is 0 Å². The number of likely N-dealkylation sites (N-methyl/N-ethyl adjacent to an activating group) is 1. The van der Waals surface area contributed by atoms with Gasteiger partial charge in [0.1, 0.15) is 0 Å². The Morgan fingerprint density at radius 1 is 1.44 bits per heavy atom. The van der Waals surface area contributed by atoms with Crippen molar-refractivity contribution in [3.05, 3.63) is 0 Å². The lowest BCUT2D eigenvalue weighted by Gasteiger charge is -2.44. The van der Waals surface area contributed by atoms with Gasteiger partial charge < -0.3 is 10.5 Å². The Morgan fingerprint density at radius 2 is 2.25 bits per heavy atom. The van der Waals surface area contributed by atoms with E-state index in [0.29, 0.717) is 6.04 Å². The molecule has 2 fully saturated rings. The molecule has 16 heavy (non-hydrogen) atoms. The second-order valence-electron chi connectivity index (χ2n) is 5.77. The smallest absolute Gasteiger partial charge is 0.0663 e. The number of ether oxygens (including phenoxy) is 1. The first-order valence-corrected chi connectivity index (χ1v) is 6.69. The van der Waals surface area contributed by atoms with Crippen molar-refractivity contribution in [3.63, 3.8) is 0 Å². The van der Waals surface area contributed by atoms with E-state index in [9.17, 15) is 0 Å². The molecular weight excluding hydrogens is 200 g/mol. The molecule has 0 bridgehead atoms. The van der Waals surface area contributed by atoms with Gasteiger partial charge in [-0.3, -0.25) is 4.90 Å². The normalized spacial score (nSPS) is 40.5. The SMILES string of the molecule is CC1CCCC(N(C)C2(CN)CCOC2)C1. The largest absolute Gasteiger partial charge is 0.379 e. The highest BCUT2D eigenvalue weighted by Crippen LogP contribution is 2.33. The Bertz CT molecular complexity index is 226. The average molecular weight is 226 g/mol. The maximum absolute atomic E-state index is 5.99. The van der Waals surface area contributed by atoms with Gasteiger partial charge in [-0.05, 0) is 32.2 Å². The van der Waals surface area contributed by atoms with Crippen molar-refractivity contribution in [1.29, 1.82) is 0 Å². The molecule has 94 valence electrons. The zero-order valence-corrected chi connectivity index (χ0v) is 10.7. The van der Waals surface area contributed by atoms with Gasteiger partial charge in [0.25, 0.3) is 0 Å². The Kier molecular flexibility index (Phi) is 3.88. The van der Waals surface area contributed by atoms with Crippen LogP contribution in [0.2, 0.25) is 0 Å². The minimum absolute atomic E-state index is 0.127. The molecular formula is C13H26N2O. The molecule has 3 atom stereocenters. The molecule has 0 aromatic heterocycles. The van der Waals surface area contributed by atoms with Gasteiger partial charge in [0, 0.05) is 19.2 Å². The van der Waals surface area contributed by atoms with Crippen molar-refractivity contribution in [2.75, 3.05) is 26.8 Å². The van der Waals surface area contributed by atoms with Gasteiger partial charge in [0.05, 0.1) is 12.1 Å². The fraction of sp³-hybridized carbons (Fsp3) is 1.00. The number of hydrogen-bond acceptors (Lipinski definition) is 3. The second-order valence-corrected chi connectivity index (χ2v) is 5.77. The molecule has 1 aliphatic heterocycles. The van der Waals surface area contributed by atoms with E-state index in [1.165, 1.54) is 25.7 Å². The molecule has 3 heteroatoms. The van der Waals surface area contributed by atoms with Crippen molar-refractivity contribution in [2.24, 2.45) is 11.7 Å². The van der Waals surface area contributed by atoms with Crippen LogP contribution in [0.15, 0.2) is 0 Å². The summed E-state index contributed by atoms with van der Waals surface area (Å²) in [5.41, 5.74) is 6.12. The van der Waals surface area contributed by atoms with E-state index in [2.05, 4.69) is 18.9 Å². The molecule has 0 spiro atoms. The minimum atomic E-state index is 0.127. The number of rotatable bonds is 3. The Hall–Kier alpha value is -0.120. The molecule has 2 rings (SSSR count). The van der Waals surface area contributed by atoms with Crippen molar-refractivity contribution in [3.8, 4) is 0 Å². The van der Waals surface area contributed by atoms with Crippen molar-refractivity contribution < 1.29 is 4.74 Å². The summed E-state index contributed by atoms with van der Waals surface area (Å²) < 4.78 is 5.57. The Labute approximate surface area is 99.3 Å². The third kappa shape index (κ3) is 2.27. The van der Waals surface area contributed by atoms with Gasteiger partial charge in [-0.15, -0.1) is 0 Å². The summed E-state index contributed by atoms with van der Waals surface area (Å²) >= 11 is 0. The fourth-order valence-electron chi connectivity index (χ4n) is 3.32. The summed E-state index contributed by atoms with van der Waals surface area (Å²) in [6.07, 6.45) is 6.54. The molecule has 0 amide bonds. The lowest BCUT2D eigenvalue weighted by molar-refractivity contribution is 0.0361. The Morgan fingerprint density at radius 3 is 2.81 bits per heavy atom. The van der Waals surface area contributed by atoms with Gasteiger partial charge in [0.15, 0.2) is 0 Å². The Balaban J connectivity index is 2.01. The molecule has 1 heterocycles. The molecule has 1 saturated carbocycles. The van der Waals surface area contributed by atoms with Crippen LogP contribution < -0.4 is 5.73 Å². The molecule has 3 unspecified atom stereocenters. The van der Waals surface area contributed by atoms with Crippen LogP contribution in [0.1, 0.15) is 39.0 Å². The highest BCUT2D eigenvalue weighted by Gasteiger charge is 2.41.